The molecular weight excluding hydrogens is 344 g/mol. The number of piperidine rings is 1. The van der Waals surface area contributed by atoms with E-state index in [2.05, 4.69) is 31.8 Å². The number of amides is 3. The van der Waals surface area contributed by atoms with Crippen LogP contribution in [0.15, 0.2) is 42.9 Å². The number of carbonyl (C=O) groups excluding carboxylic acids is 2. The molecule has 0 radical (unpaired) electrons. The SMILES string of the molecule is CN(Cc1ccccc1N1CCCCC1)C(=O)NNC(=O)c1cnccn1. The fourth-order valence-electron chi connectivity index (χ4n) is 3.10. The molecule has 1 aliphatic rings. The highest BCUT2D eigenvalue weighted by Gasteiger charge is 2.17. The summed E-state index contributed by atoms with van der Waals surface area (Å²) >= 11 is 0. The number of hydrogen-bond donors (Lipinski definition) is 2. The van der Waals surface area contributed by atoms with Gasteiger partial charge in [-0.3, -0.25) is 15.2 Å². The van der Waals surface area contributed by atoms with Crippen LogP contribution >= 0.6 is 0 Å². The molecule has 0 bridgehead atoms. The zero-order valence-corrected chi connectivity index (χ0v) is 15.4. The molecule has 1 aromatic heterocycles. The third kappa shape index (κ3) is 4.93. The first-order valence-corrected chi connectivity index (χ1v) is 9.05. The van der Waals surface area contributed by atoms with E-state index in [9.17, 15) is 9.59 Å². The molecule has 0 saturated carbocycles. The first kappa shape index (κ1) is 18.6. The molecule has 8 nitrogen and oxygen atoms in total. The number of rotatable bonds is 4. The van der Waals surface area contributed by atoms with Gasteiger partial charge in [-0.25, -0.2) is 15.2 Å². The minimum Gasteiger partial charge on any atom is -0.371 e. The summed E-state index contributed by atoms with van der Waals surface area (Å²) in [6.07, 6.45) is 7.88. The van der Waals surface area contributed by atoms with Gasteiger partial charge < -0.3 is 9.80 Å². The quantitative estimate of drug-likeness (QED) is 0.805. The van der Waals surface area contributed by atoms with E-state index in [1.165, 1.54) is 48.4 Å². The Bertz CT molecular complexity index is 777. The van der Waals surface area contributed by atoms with Gasteiger partial charge in [0.15, 0.2) is 0 Å². The second kappa shape index (κ2) is 8.98. The third-order valence-corrected chi connectivity index (χ3v) is 4.52. The normalized spacial score (nSPS) is 13.7. The molecule has 3 amide bonds. The average molecular weight is 368 g/mol. The monoisotopic (exact) mass is 368 g/mol. The maximum absolute atomic E-state index is 12.3. The van der Waals surface area contributed by atoms with Gasteiger partial charge in [-0.15, -0.1) is 0 Å². The zero-order valence-electron chi connectivity index (χ0n) is 15.4. The molecule has 27 heavy (non-hydrogen) atoms. The van der Waals surface area contributed by atoms with Crippen molar-refractivity contribution in [3.05, 3.63) is 54.1 Å². The van der Waals surface area contributed by atoms with E-state index < -0.39 is 11.9 Å². The standard InChI is InChI=1S/C19H24N6O2/c1-24(19(27)23-22-18(26)16-13-20-9-10-21-16)14-15-7-3-4-8-17(15)25-11-5-2-6-12-25/h3-4,7-10,13H,2,5-6,11-12,14H2,1H3,(H,22,26)(H,23,27). The van der Waals surface area contributed by atoms with Crippen LogP contribution in [0, 0.1) is 0 Å². The van der Waals surface area contributed by atoms with Crippen molar-refractivity contribution in [1.82, 2.24) is 25.7 Å². The van der Waals surface area contributed by atoms with E-state index in [-0.39, 0.29) is 5.69 Å². The summed E-state index contributed by atoms with van der Waals surface area (Å²) in [5.41, 5.74) is 7.14. The summed E-state index contributed by atoms with van der Waals surface area (Å²) < 4.78 is 0. The van der Waals surface area contributed by atoms with Crippen LogP contribution in [0.2, 0.25) is 0 Å². The Balaban J connectivity index is 1.57. The van der Waals surface area contributed by atoms with Gasteiger partial charge in [0, 0.05) is 44.8 Å². The predicted molar refractivity (Wildman–Crippen MR) is 102 cm³/mol. The van der Waals surface area contributed by atoms with Gasteiger partial charge in [0.05, 0.1) is 6.20 Å². The zero-order chi connectivity index (χ0) is 19.1. The van der Waals surface area contributed by atoms with Crippen LogP contribution in [-0.2, 0) is 6.54 Å². The number of benzene rings is 1. The van der Waals surface area contributed by atoms with Crippen LogP contribution < -0.4 is 15.8 Å². The van der Waals surface area contributed by atoms with Gasteiger partial charge >= 0.3 is 6.03 Å². The van der Waals surface area contributed by atoms with Crippen molar-refractivity contribution in [2.24, 2.45) is 0 Å². The number of nitrogens with one attached hydrogen (secondary N) is 2. The number of para-hydroxylation sites is 1. The number of carbonyl (C=O) groups is 2. The van der Waals surface area contributed by atoms with Crippen LogP contribution in [0.25, 0.3) is 0 Å². The van der Waals surface area contributed by atoms with Crippen molar-refractivity contribution in [3.8, 4) is 0 Å². The summed E-state index contributed by atoms with van der Waals surface area (Å²) in [5, 5.41) is 0. The molecule has 142 valence electrons. The third-order valence-electron chi connectivity index (χ3n) is 4.52. The second-order valence-electron chi connectivity index (χ2n) is 6.51. The summed E-state index contributed by atoms with van der Waals surface area (Å²) in [6, 6.07) is 7.73. The number of hydrogen-bond acceptors (Lipinski definition) is 5. The second-order valence-corrected chi connectivity index (χ2v) is 6.51. The fourth-order valence-corrected chi connectivity index (χ4v) is 3.10. The van der Waals surface area contributed by atoms with Crippen LogP contribution in [0.4, 0.5) is 10.5 Å². The average Bonchev–Trinajstić information content (AvgIpc) is 2.73. The Morgan fingerprint density at radius 2 is 1.89 bits per heavy atom. The van der Waals surface area contributed by atoms with Gasteiger partial charge in [-0.05, 0) is 30.9 Å². The molecule has 1 aliphatic heterocycles. The van der Waals surface area contributed by atoms with Crippen molar-refractivity contribution in [2.75, 3.05) is 25.0 Å². The molecule has 2 aromatic rings. The Morgan fingerprint density at radius 3 is 2.63 bits per heavy atom. The molecule has 1 aromatic carbocycles. The summed E-state index contributed by atoms with van der Waals surface area (Å²) in [4.78, 5) is 35.9. The Hall–Kier alpha value is -3.16. The Morgan fingerprint density at radius 1 is 1.11 bits per heavy atom. The number of anilines is 1. The topological polar surface area (TPSA) is 90.5 Å². The Labute approximate surface area is 158 Å². The largest absolute Gasteiger partial charge is 0.371 e. The number of urea groups is 1. The van der Waals surface area contributed by atoms with Crippen LogP contribution in [0.3, 0.4) is 0 Å². The molecule has 0 spiro atoms. The van der Waals surface area contributed by atoms with Crippen LogP contribution in [0.1, 0.15) is 35.3 Å². The Kier molecular flexibility index (Phi) is 6.19. The first-order chi connectivity index (χ1) is 13.1. The molecule has 2 N–H and O–H groups in total. The summed E-state index contributed by atoms with van der Waals surface area (Å²) in [5.74, 6) is -0.515. The molecule has 0 aliphatic carbocycles. The molecule has 1 saturated heterocycles. The molecule has 2 heterocycles. The maximum Gasteiger partial charge on any atom is 0.336 e. The van der Waals surface area contributed by atoms with Gasteiger partial charge in [-0.1, -0.05) is 18.2 Å². The van der Waals surface area contributed by atoms with Gasteiger partial charge in [0.1, 0.15) is 5.69 Å². The fraction of sp³-hybridized carbons (Fsp3) is 0.368. The highest BCUT2D eigenvalue weighted by atomic mass is 16.2. The maximum atomic E-state index is 12.3. The van der Waals surface area contributed by atoms with Gasteiger partial charge in [-0.2, -0.15) is 0 Å². The van der Waals surface area contributed by atoms with Crippen LogP contribution in [-0.4, -0.2) is 46.9 Å². The van der Waals surface area contributed by atoms with Gasteiger partial charge in [0.25, 0.3) is 5.91 Å². The van der Waals surface area contributed by atoms with Crippen molar-refractivity contribution in [3.63, 3.8) is 0 Å². The van der Waals surface area contributed by atoms with E-state index in [4.69, 9.17) is 0 Å². The smallest absolute Gasteiger partial charge is 0.336 e. The van der Waals surface area contributed by atoms with E-state index in [1.807, 2.05) is 18.2 Å². The number of hydrazine groups is 1. The molecule has 0 unspecified atom stereocenters. The summed E-state index contributed by atoms with van der Waals surface area (Å²) in [7, 11) is 1.69. The highest BCUT2D eigenvalue weighted by Crippen LogP contribution is 2.25. The number of aromatic nitrogens is 2. The molecule has 0 atom stereocenters. The minimum absolute atomic E-state index is 0.135. The lowest BCUT2D eigenvalue weighted by Gasteiger charge is -2.31. The van der Waals surface area contributed by atoms with E-state index >= 15 is 0 Å². The summed E-state index contributed by atoms with van der Waals surface area (Å²) in [6.45, 7) is 2.53. The van der Waals surface area contributed by atoms with E-state index in [1.54, 1.807) is 7.05 Å². The van der Waals surface area contributed by atoms with E-state index in [0.29, 0.717) is 6.54 Å². The molecule has 1 fully saturated rings. The van der Waals surface area contributed by atoms with Gasteiger partial charge in [0.2, 0.25) is 0 Å². The lowest BCUT2D eigenvalue weighted by Crippen LogP contribution is -2.47. The highest BCUT2D eigenvalue weighted by molar-refractivity contribution is 5.93. The molecular formula is C19H24N6O2. The van der Waals surface area contributed by atoms with Crippen molar-refractivity contribution >= 4 is 17.6 Å². The van der Waals surface area contributed by atoms with Crippen molar-refractivity contribution in [2.45, 2.75) is 25.8 Å². The minimum atomic E-state index is -0.515. The first-order valence-electron chi connectivity index (χ1n) is 9.05. The van der Waals surface area contributed by atoms with E-state index in [0.717, 1.165) is 18.7 Å². The van der Waals surface area contributed by atoms with Crippen molar-refractivity contribution in [1.29, 1.82) is 0 Å². The predicted octanol–water partition coefficient (Wildman–Crippen LogP) is 1.95. The van der Waals surface area contributed by atoms with Crippen LogP contribution in [0.5, 0.6) is 0 Å². The molecule has 3 rings (SSSR count). The lowest BCUT2D eigenvalue weighted by molar-refractivity contribution is 0.0925. The number of nitrogens with zero attached hydrogens (tertiary/aromatic N) is 4. The lowest BCUT2D eigenvalue weighted by atomic mass is 10.1. The molecule has 8 heteroatoms. The van der Waals surface area contributed by atoms with Crippen molar-refractivity contribution < 1.29 is 9.59 Å².